The van der Waals surface area contributed by atoms with Crippen LogP contribution in [0.5, 0.6) is 0 Å². The van der Waals surface area contributed by atoms with Gasteiger partial charge in [-0.2, -0.15) is 0 Å². The number of sulfonamides is 1. The van der Waals surface area contributed by atoms with Gasteiger partial charge in [0, 0.05) is 6.54 Å². The number of carbonyl (C=O) groups is 1. The number of aryl methyl sites for hydroxylation is 2. The molecule has 21 heavy (non-hydrogen) atoms. The van der Waals surface area contributed by atoms with Gasteiger partial charge in [0.1, 0.15) is 22.0 Å². The van der Waals surface area contributed by atoms with Crippen LogP contribution in [0.4, 0.5) is 0 Å². The molecular weight excluding hydrogens is 298 g/mol. The molecule has 0 radical (unpaired) electrons. The van der Waals surface area contributed by atoms with Crippen molar-refractivity contribution in [3.05, 3.63) is 17.1 Å². The molecule has 0 aliphatic carbocycles. The zero-order chi connectivity index (χ0) is 16.4. The average molecular weight is 319 g/mol. The topological polar surface area (TPSA) is 106 Å². The molecule has 0 bridgehead atoms. The molecule has 0 aliphatic heterocycles. The number of methoxy groups -OCH3 is 1. The number of esters is 1. The summed E-state index contributed by atoms with van der Waals surface area (Å²) >= 11 is 0. The number of hydrogen-bond donors (Lipinski definition) is 2. The molecule has 0 aromatic carbocycles. The maximum absolute atomic E-state index is 12.4. The van der Waals surface area contributed by atoms with E-state index in [9.17, 15) is 18.3 Å². The Bertz CT molecular complexity index is 629. The molecule has 8 heteroatoms. The van der Waals surface area contributed by atoms with Gasteiger partial charge >= 0.3 is 5.97 Å². The first-order valence-electron chi connectivity index (χ1n) is 6.46. The summed E-state index contributed by atoms with van der Waals surface area (Å²) in [5.74, 6) is -0.523. The summed E-state index contributed by atoms with van der Waals surface area (Å²) in [6, 6.07) is 0. The van der Waals surface area contributed by atoms with Crippen molar-refractivity contribution in [1.82, 2.24) is 4.72 Å². The smallest absolute Gasteiger partial charge is 0.342 e. The van der Waals surface area contributed by atoms with Crippen molar-refractivity contribution in [3.63, 3.8) is 0 Å². The summed E-state index contributed by atoms with van der Waals surface area (Å²) in [6.07, 6.45) is 0.378. The molecule has 0 saturated heterocycles. The highest BCUT2D eigenvalue weighted by Crippen LogP contribution is 2.27. The van der Waals surface area contributed by atoms with Gasteiger partial charge in [0.05, 0.1) is 12.7 Å². The highest BCUT2D eigenvalue weighted by Gasteiger charge is 2.32. The molecule has 120 valence electrons. The molecule has 1 rings (SSSR count). The van der Waals surface area contributed by atoms with Crippen LogP contribution >= 0.6 is 0 Å². The van der Waals surface area contributed by atoms with Crippen LogP contribution in [-0.2, 0) is 14.8 Å². The Morgan fingerprint density at radius 1 is 1.38 bits per heavy atom. The second-order valence-electron chi connectivity index (χ2n) is 5.09. The van der Waals surface area contributed by atoms with Gasteiger partial charge in [0.2, 0.25) is 10.0 Å². The van der Waals surface area contributed by atoms with Crippen molar-refractivity contribution in [2.45, 2.75) is 44.6 Å². The molecule has 1 aromatic rings. The van der Waals surface area contributed by atoms with E-state index in [1.807, 2.05) is 0 Å². The van der Waals surface area contributed by atoms with Gasteiger partial charge in [-0.1, -0.05) is 6.92 Å². The maximum Gasteiger partial charge on any atom is 0.342 e. The van der Waals surface area contributed by atoms with Crippen molar-refractivity contribution >= 4 is 16.0 Å². The molecule has 1 aromatic heterocycles. The first kappa shape index (κ1) is 17.7. The minimum Gasteiger partial charge on any atom is -0.465 e. The number of ether oxygens (including phenoxy) is 1. The fraction of sp³-hybridized carbons (Fsp3) is 0.615. The molecule has 0 spiro atoms. The van der Waals surface area contributed by atoms with Crippen LogP contribution in [0.15, 0.2) is 9.31 Å². The van der Waals surface area contributed by atoms with Crippen LogP contribution in [0.2, 0.25) is 0 Å². The summed E-state index contributed by atoms with van der Waals surface area (Å²) in [4.78, 5) is 11.5. The lowest BCUT2D eigenvalue weighted by Gasteiger charge is -2.21. The first-order chi connectivity index (χ1) is 9.55. The fourth-order valence-corrected chi connectivity index (χ4v) is 3.33. The highest BCUT2D eigenvalue weighted by atomic mass is 32.2. The third-order valence-electron chi connectivity index (χ3n) is 3.27. The fourth-order valence-electron chi connectivity index (χ4n) is 1.77. The number of nitrogens with one attached hydrogen (secondary N) is 1. The predicted molar refractivity (Wildman–Crippen MR) is 75.6 cm³/mol. The van der Waals surface area contributed by atoms with E-state index in [1.165, 1.54) is 20.8 Å². The molecule has 0 saturated carbocycles. The first-order valence-corrected chi connectivity index (χ1v) is 7.94. The van der Waals surface area contributed by atoms with Crippen LogP contribution in [-0.4, -0.2) is 38.7 Å². The normalized spacial score (nSPS) is 14.8. The Labute approximate surface area is 124 Å². The summed E-state index contributed by atoms with van der Waals surface area (Å²) < 4.78 is 36.9. The zero-order valence-electron chi connectivity index (χ0n) is 12.8. The van der Waals surface area contributed by atoms with Crippen molar-refractivity contribution < 1.29 is 27.5 Å². The Balaban J connectivity index is 3.23. The van der Waals surface area contributed by atoms with Gasteiger partial charge in [-0.05, 0) is 27.2 Å². The molecule has 0 amide bonds. The summed E-state index contributed by atoms with van der Waals surface area (Å²) in [6.45, 7) is 6.02. The highest BCUT2D eigenvalue weighted by molar-refractivity contribution is 7.89. The zero-order valence-corrected chi connectivity index (χ0v) is 13.6. The number of furan rings is 1. The summed E-state index contributed by atoms with van der Waals surface area (Å²) in [5.41, 5.74) is -1.30. The summed E-state index contributed by atoms with van der Waals surface area (Å²) in [7, 11) is -2.84. The second-order valence-corrected chi connectivity index (χ2v) is 6.79. The van der Waals surface area contributed by atoms with Crippen LogP contribution < -0.4 is 4.72 Å². The summed E-state index contributed by atoms with van der Waals surface area (Å²) in [5, 5.41) is 9.89. The molecule has 0 aliphatic rings. The number of carbonyl (C=O) groups excluding carboxylic acids is 1. The third-order valence-corrected chi connectivity index (χ3v) is 4.82. The number of aliphatic hydroxyl groups is 1. The van der Waals surface area contributed by atoms with Gasteiger partial charge in [0.25, 0.3) is 0 Å². The molecule has 1 heterocycles. The number of rotatable bonds is 6. The predicted octanol–water partition coefficient (Wildman–Crippen LogP) is 1.12. The quantitative estimate of drug-likeness (QED) is 0.761. The molecular formula is C13H21NO6S. The van der Waals surface area contributed by atoms with E-state index in [2.05, 4.69) is 9.46 Å². The lowest BCUT2D eigenvalue weighted by atomic mass is 10.1. The van der Waals surface area contributed by atoms with E-state index in [0.29, 0.717) is 6.42 Å². The minimum atomic E-state index is -4.00. The van der Waals surface area contributed by atoms with E-state index >= 15 is 0 Å². The monoisotopic (exact) mass is 319 g/mol. The lowest BCUT2D eigenvalue weighted by Crippen LogP contribution is -2.40. The Morgan fingerprint density at radius 3 is 2.43 bits per heavy atom. The molecule has 2 N–H and O–H groups in total. The van der Waals surface area contributed by atoms with Gasteiger partial charge in [0.15, 0.2) is 0 Å². The van der Waals surface area contributed by atoms with Crippen LogP contribution in [0.25, 0.3) is 0 Å². The van der Waals surface area contributed by atoms with E-state index in [-0.39, 0.29) is 28.5 Å². The van der Waals surface area contributed by atoms with Crippen LogP contribution in [0.1, 0.15) is 42.1 Å². The van der Waals surface area contributed by atoms with E-state index < -0.39 is 21.6 Å². The Hall–Kier alpha value is -1.38. The third kappa shape index (κ3) is 3.84. The molecule has 7 nitrogen and oxygen atoms in total. The molecule has 1 unspecified atom stereocenters. The van der Waals surface area contributed by atoms with Crippen molar-refractivity contribution in [2.24, 2.45) is 0 Å². The van der Waals surface area contributed by atoms with Gasteiger partial charge in [-0.25, -0.2) is 17.9 Å². The second kappa shape index (κ2) is 6.17. The molecule has 0 fully saturated rings. The maximum atomic E-state index is 12.4. The van der Waals surface area contributed by atoms with Gasteiger partial charge in [-0.3, -0.25) is 0 Å². The lowest BCUT2D eigenvalue weighted by molar-refractivity contribution is 0.0595. The van der Waals surface area contributed by atoms with Crippen molar-refractivity contribution in [2.75, 3.05) is 13.7 Å². The van der Waals surface area contributed by atoms with Gasteiger partial charge in [-0.15, -0.1) is 0 Å². The SMILES string of the molecule is CCC(C)(O)CNS(=O)(=O)c1c(C)oc(C)c1C(=O)OC. The average Bonchev–Trinajstić information content (AvgIpc) is 2.71. The van der Waals surface area contributed by atoms with E-state index in [1.54, 1.807) is 6.92 Å². The standard InChI is InChI=1S/C13H21NO6S/c1-6-13(4,16)7-14-21(17,18)11-9(3)20-8(2)10(11)12(15)19-5/h14,16H,6-7H2,1-5H3. The molecule has 1 atom stereocenters. The van der Waals surface area contributed by atoms with Crippen LogP contribution in [0.3, 0.4) is 0 Å². The number of hydrogen-bond acceptors (Lipinski definition) is 6. The Morgan fingerprint density at radius 2 is 1.95 bits per heavy atom. The van der Waals surface area contributed by atoms with Crippen molar-refractivity contribution in [3.8, 4) is 0 Å². The Kier molecular flexibility index (Phi) is 5.19. The van der Waals surface area contributed by atoms with Gasteiger partial charge < -0.3 is 14.3 Å². The van der Waals surface area contributed by atoms with Crippen molar-refractivity contribution in [1.29, 1.82) is 0 Å². The van der Waals surface area contributed by atoms with Crippen LogP contribution in [0, 0.1) is 13.8 Å². The largest absolute Gasteiger partial charge is 0.465 e. The van der Waals surface area contributed by atoms with E-state index in [4.69, 9.17) is 4.42 Å². The van der Waals surface area contributed by atoms with E-state index in [0.717, 1.165) is 7.11 Å². The minimum absolute atomic E-state index is 0.0940.